The summed E-state index contributed by atoms with van der Waals surface area (Å²) in [5.41, 5.74) is 0.790. The van der Waals surface area contributed by atoms with E-state index < -0.39 is 0 Å². The van der Waals surface area contributed by atoms with Gasteiger partial charge in [0.15, 0.2) is 5.78 Å². The Morgan fingerprint density at radius 3 is 2.47 bits per heavy atom. The molecule has 76 valence electrons. The van der Waals surface area contributed by atoms with Crippen molar-refractivity contribution in [1.82, 2.24) is 0 Å². The minimum Gasteiger partial charge on any atom is -0.293 e. The lowest BCUT2D eigenvalue weighted by molar-refractivity contribution is 0.0967. The second-order valence-corrected chi connectivity index (χ2v) is 4.45. The Hall–Kier alpha value is -1.41. The highest BCUT2D eigenvalue weighted by molar-refractivity contribution is 7.10. The summed E-state index contributed by atoms with van der Waals surface area (Å²) in [6.07, 6.45) is 0. The van der Waals surface area contributed by atoms with E-state index in [4.69, 9.17) is 0 Å². The van der Waals surface area contributed by atoms with Crippen LogP contribution in [0.5, 0.6) is 0 Å². The summed E-state index contributed by atoms with van der Waals surface area (Å²) in [4.78, 5) is 13.2. The van der Waals surface area contributed by atoms with Gasteiger partial charge in [-0.25, -0.2) is 0 Å². The van der Waals surface area contributed by atoms with Crippen LogP contribution in [0.4, 0.5) is 0 Å². The molecule has 0 bridgehead atoms. The molecule has 0 fully saturated rings. The Balaban J connectivity index is 2.23. The highest BCUT2D eigenvalue weighted by atomic mass is 32.1. The average molecular weight is 216 g/mol. The lowest BCUT2D eigenvalue weighted by Gasteiger charge is -2.07. The van der Waals surface area contributed by atoms with E-state index in [9.17, 15) is 4.79 Å². The fraction of sp³-hybridized carbons (Fsp3) is 0.154. The zero-order valence-electron chi connectivity index (χ0n) is 8.51. The van der Waals surface area contributed by atoms with Gasteiger partial charge in [0.1, 0.15) is 0 Å². The summed E-state index contributed by atoms with van der Waals surface area (Å²) >= 11 is 1.63. The lowest BCUT2D eigenvalue weighted by atomic mass is 9.98. The van der Waals surface area contributed by atoms with Crippen LogP contribution in [-0.2, 0) is 0 Å². The van der Waals surface area contributed by atoms with Crippen molar-refractivity contribution in [2.24, 2.45) is 0 Å². The minimum absolute atomic E-state index is 0.0348. The van der Waals surface area contributed by atoms with Crippen LogP contribution in [0, 0.1) is 0 Å². The fourth-order valence-corrected chi connectivity index (χ4v) is 2.30. The van der Waals surface area contributed by atoms with E-state index in [0.717, 1.165) is 10.4 Å². The van der Waals surface area contributed by atoms with Crippen molar-refractivity contribution in [3.8, 4) is 0 Å². The van der Waals surface area contributed by atoms with Gasteiger partial charge in [-0.15, -0.1) is 11.3 Å². The Morgan fingerprint density at radius 1 is 1.13 bits per heavy atom. The molecular formula is C13H12OS. The second-order valence-electron chi connectivity index (χ2n) is 3.47. The van der Waals surface area contributed by atoms with Crippen LogP contribution in [-0.4, -0.2) is 5.78 Å². The summed E-state index contributed by atoms with van der Waals surface area (Å²) < 4.78 is 0. The van der Waals surface area contributed by atoms with E-state index in [1.54, 1.807) is 11.3 Å². The summed E-state index contributed by atoms with van der Waals surface area (Å²) in [5, 5.41) is 2.00. The van der Waals surface area contributed by atoms with E-state index in [-0.39, 0.29) is 11.7 Å². The molecule has 0 N–H and O–H groups in total. The van der Waals surface area contributed by atoms with Gasteiger partial charge in [0.2, 0.25) is 0 Å². The van der Waals surface area contributed by atoms with Crippen LogP contribution < -0.4 is 0 Å². The Morgan fingerprint density at radius 2 is 1.87 bits per heavy atom. The van der Waals surface area contributed by atoms with Crippen LogP contribution in [0.3, 0.4) is 0 Å². The molecule has 0 aliphatic heterocycles. The molecule has 1 nitrogen and oxygen atoms in total. The Labute approximate surface area is 93.4 Å². The zero-order valence-corrected chi connectivity index (χ0v) is 9.33. The third-order valence-corrected chi connectivity index (χ3v) is 3.48. The van der Waals surface area contributed by atoms with Crippen molar-refractivity contribution in [2.45, 2.75) is 12.8 Å². The number of benzene rings is 1. The predicted molar refractivity (Wildman–Crippen MR) is 63.5 cm³/mol. The minimum atomic E-state index is -0.0348. The van der Waals surface area contributed by atoms with Gasteiger partial charge in [-0.2, -0.15) is 0 Å². The third-order valence-electron chi connectivity index (χ3n) is 2.42. The van der Waals surface area contributed by atoms with E-state index in [1.807, 2.05) is 54.8 Å². The van der Waals surface area contributed by atoms with Gasteiger partial charge < -0.3 is 0 Å². The van der Waals surface area contributed by atoms with Crippen molar-refractivity contribution in [3.63, 3.8) is 0 Å². The van der Waals surface area contributed by atoms with Crippen LogP contribution in [0.25, 0.3) is 0 Å². The maximum atomic E-state index is 12.0. The first kappa shape index (κ1) is 10.1. The third kappa shape index (κ3) is 2.16. The molecule has 1 unspecified atom stereocenters. The summed E-state index contributed by atoms with van der Waals surface area (Å²) in [6.45, 7) is 1.96. The molecule has 0 aliphatic carbocycles. The van der Waals surface area contributed by atoms with Gasteiger partial charge >= 0.3 is 0 Å². The quantitative estimate of drug-likeness (QED) is 0.714. The molecule has 15 heavy (non-hydrogen) atoms. The lowest BCUT2D eigenvalue weighted by Crippen LogP contribution is -2.07. The largest absolute Gasteiger partial charge is 0.293 e. The highest BCUT2D eigenvalue weighted by Gasteiger charge is 2.17. The molecule has 2 rings (SSSR count). The molecule has 0 aliphatic rings. The first-order valence-electron chi connectivity index (χ1n) is 4.91. The van der Waals surface area contributed by atoms with E-state index >= 15 is 0 Å². The van der Waals surface area contributed by atoms with E-state index in [0.29, 0.717) is 0 Å². The molecule has 0 amide bonds. The summed E-state index contributed by atoms with van der Waals surface area (Å²) in [5.74, 6) is 0.158. The molecule has 0 radical (unpaired) electrons. The van der Waals surface area contributed by atoms with Gasteiger partial charge in [0.05, 0.1) is 5.92 Å². The zero-order chi connectivity index (χ0) is 10.7. The van der Waals surface area contributed by atoms with Crippen LogP contribution in [0.15, 0.2) is 47.8 Å². The first-order chi connectivity index (χ1) is 7.29. The second kappa shape index (κ2) is 4.41. The van der Waals surface area contributed by atoms with Crippen molar-refractivity contribution < 1.29 is 4.79 Å². The number of carbonyl (C=O) groups is 1. The molecule has 0 saturated heterocycles. The average Bonchev–Trinajstić information content (AvgIpc) is 2.82. The molecule has 1 aromatic carbocycles. The molecule has 1 heterocycles. The van der Waals surface area contributed by atoms with Gasteiger partial charge in [-0.1, -0.05) is 43.3 Å². The monoisotopic (exact) mass is 216 g/mol. The van der Waals surface area contributed by atoms with Crippen molar-refractivity contribution in [2.75, 3.05) is 0 Å². The summed E-state index contributed by atoms with van der Waals surface area (Å²) in [6, 6.07) is 13.4. The molecule has 0 spiro atoms. The first-order valence-corrected chi connectivity index (χ1v) is 5.79. The van der Waals surface area contributed by atoms with Gasteiger partial charge in [-0.05, 0) is 11.4 Å². The Bertz CT molecular complexity index is 431. The molecule has 2 aromatic rings. The normalized spacial score (nSPS) is 12.3. The Kier molecular flexibility index (Phi) is 2.97. The highest BCUT2D eigenvalue weighted by Crippen LogP contribution is 2.24. The number of ketones is 1. The van der Waals surface area contributed by atoms with Crippen LogP contribution in [0.2, 0.25) is 0 Å². The SMILES string of the molecule is CC(C(=O)c1ccccc1)c1cccs1. The van der Waals surface area contributed by atoms with E-state index in [1.165, 1.54) is 0 Å². The standard InChI is InChI=1S/C13H12OS/c1-10(12-8-5-9-15-12)13(14)11-6-3-2-4-7-11/h2-10H,1H3. The number of thiophene rings is 1. The van der Waals surface area contributed by atoms with Gasteiger partial charge in [0.25, 0.3) is 0 Å². The van der Waals surface area contributed by atoms with Gasteiger partial charge in [-0.3, -0.25) is 4.79 Å². The number of hydrogen-bond acceptors (Lipinski definition) is 2. The molecule has 2 heteroatoms. The molecule has 1 aromatic heterocycles. The molecule has 0 saturated carbocycles. The predicted octanol–water partition coefficient (Wildman–Crippen LogP) is 3.73. The number of rotatable bonds is 3. The molecular weight excluding hydrogens is 204 g/mol. The smallest absolute Gasteiger partial charge is 0.170 e. The van der Waals surface area contributed by atoms with Gasteiger partial charge in [0, 0.05) is 10.4 Å². The number of carbonyl (C=O) groups excluding carboxylic acids is 1. The van der Waals surface area contributed by atoms with Crippen molar-refractivity contribution >= 4 is 17.1 Å². The van der Waals surface area contributed by atoms with E-state index in [2.05, 4.69) is 0 Å². The maximum Gasteiger partial charge on any atom is 0.170 e. The molecule has 1 atom stereocenters. The van der Waals surface area contributed by atoms with Crippen molar-refractivity contribution in [1.29, 1.82) is 0 Å². The summed E-state index contributed by atoms with van der Waals surface area (Å²) in [7, 11) is 0. The number of hydrogen-bond donors (Lipinski definition) is 0. The van der Waals surface area contributed by atoms with Crippen LogP contribution >= 0.6 is 11.3 Å². The van der Waals surface area contributed by atoms with Crippen LogP contribution in [0.1, 0.15) is 28.1 Å². The topological polar surface area (TPSA) is 17.1 Å². The fourth-order valence-electron chi connectivity index (χ4n) is 1.52. The number of Topliss-reactive ketones (excluding diaryl/α,β-unsaturated/α-hetero) is 1. The van der Waals surface area contributed by atoms with Crippen molar-refractivity contribution in [3.05, 3.63) is 58.3 Å². The maximum absolute atomic E-state index is 12.0.